The first kappa shape index (κ1) is 22.2. The highest BCUT2D eigenvalue weighted by Gasteiger charge is 2.18. The minimum Gasteiger partial charge on any atom is -0.353 e. The molecule has 3 rings (SSSR count). The van der Waals surface area contributed by atoms with E-state index in [0.717, 1.165) is 70.7 Å². The van der Waals surface area contributed by atoms with E-state index in [9.17, 15) is 0 Å². The summed E-state index contributed by atoms with van der Waals surface area (Å²) in [5.41, 5.74) is 3.68. The Morgan fingerprint density at radius 1 is 1.03 bits per heavy atom. The third kappa shape index (κ3) is 4.98. The molecule has 0 unspecified atom stereocenters. The molecule has 1 aromatic carbocycles. The van der Waals surface area contributed by atoms with E-state index in [-0.39, 0.29) is 0 Å². The number of nitrogens with one attached hydrogen (secondary N) is 1. The van der Waals surface area contributed by atoms with E-state index < -0.39 is 0 Å². The molecule has 0 saturated carbocycles. The maximum atomic E-state index is 4.74. The van der Waals surface area contributed by atoms with Crippen LogP contribution in [0, 0.1) is 6.92 Å². The van der Waals surface area contributed by atoms with Crippen LogP contribution in [-0.4, -0.2) is 36.1 Å². The molecule has 0 spiro atoms. The topological polar surface area (TPSA) is 41.1 Å². The van der Waals surface area contributed by atoms with Gasteiger partial charge in [-0.1, -0.05) is 81.0 Å². The second kappa shape index (κ2) is 10.5. The van der Waals surface area contributed by atoms with Gasteiger partial charge in [-0.25, -0.2) is 9.97 Å². The Morgan fingerprint density at radius 3 is 2.42 bits per heavy atom. The Morgan fingerprint density at radius 2 is 1.77 bits per heavy atom. The molecule has 0 atom stereocenters. The van der Waals surface area contributed by atoms with E-state index in [1.165, 1.54) is 0 Å². The number of rotatable bonds is 7. The molecule has 1 aromatic heterocycles. The van der Waals surface area contributed by atoms with Crippen LogP contribution in [0.25, 0.3) is 23.8 Å². The fourth-order valence-electron chi connectivity index (χ4n) is 3.80. The predicted octanol–water partition coefficient (Wildman–Crippen LogP) is 3.41. The van der Waals surface area contributed by atoms with Crippen molar-refractivity contribution in [3.63, 3.8) is 0 Å². The van der Waals surface area contributed by atoms with Crippen molar-refractivity contribution >= 4 is 29.6 Å². The van der Waals surface area contributed by atoms with Crippen molar-refractivity contribution in [3.05, 3.63) is 102 Å². The molecule has 1 saturated heterocycles. The number of benzene rings is 1. The average Bonchev–Trinajstić information content (AvgIpc) is 2.80. The molecule has 1 aliphatic heterocycles. The zero-order chi connectivity index (χ0) is 22.2. The predicted molar refractivity (Wildman–Crippen MR) is 134 cm³/mol. The fourth-order valence-corrected chi connectivity index (χ4v) is 3.80. The quantitative estimate of drug-likeness (QED) is 0.711. The monoisotopic (exact) mass is 410 g/mol. The van der Waals surface area contributed by atoms with Gasteiger partial charge in [0.25, 0.3) is 0 Å². The summed E-state index contributed by atoms with van der Waals surface area (Å²) in [7, 11) is 0. The van der Waals surface area contributed by atoms with Gasteiger partial charge in [0.1, 0.15) is 11.6 Å². The number of aromatic nitrogens is 2. The second-order valence-electron chi connectivity index (χ2n) is 7.25. The van der Waals surface area contributed by atoms with Crippen LogP contribution in [0.15, 0.2) is 74.4 Å². The maximum Gasteiger partial charge on any atom is 0.140 e. The van der Waals surface area contributed by atoms with Crippen LogP contribution in [0.3, 0.4) is 0 Å². The number of piperazine rings is 1. The molecular formula is C27H30N4. The lowest BCUT2D eigenvalue weighted by Crippen LogP contribution is -2.44. The van der Waals surface area contributed by atoms with Gasteiger partial charge >= 0.3 is 0 Å². The number of nitrogens with zero attached hydrogens (tertiary/aromatic N) is 3. The lowest BCUT2D eigenvalue weighted by molar-refractivity contribution is 0.583. The molecule has 0 aliphatic carbocycles. The number of hydrogen-bond acceptors (Lipinski definition) is 4. The van der Waals surface area contributed by atoms with E-state index in [1.807, 2.05) is 49.4 Å². The zero-order valence-electron chi connectivity index (χ0n) is 18.3. The van der Waals surface area contributed by atoms with Gasteiger partial charge in [-0.3, -0.25) is 0 Å². The first-order chi connectivity index (χ1) is 15.1. The highest BCUT2D eigenvalue weighted by molar-refractivity contribution is 5.85. The molecule has 0 amide bonds. The molecule has 158 valence electrons. The van der Waals surface area contributed by atoms with Crippen molar-refractivity contribution in [2.45, 2.75) is 6.92 Å². The second-order valence-corrected chi connectivity index (χ2v) is 7.25. The van der Waals surface area contributed by atoms with Gasteiger partial charge in [0.05, 0.1) is 5.69 Å². The lowest BCUT2D eigenvalue weighted by Gasteiger charge is -2.30. The normalized spacial score (nSPS) is 16.0. The van der Waals surface area contributed by atoms with Crippen LogP contribution < -0.4 is 20.7 Å². The molecule has 1 fully saturated rings. The molecule has 2 aromatic rings. The van der Waals surface area contributed by atoms with E-state index in [0.29, 0.717) is 0 Å². The fraction of sp³-hybridized carbons (Fsp3) is 0.185. The van der Waals surface area contributed by atoms with Gasteiger partial charge in [0.15, 0.2) is 0 Å². The van der Waals surface area contributed by atoms with Crippen molar-refractivity contribution in [2.75, 3.05) is 31.1 Å². The molecule has 0 bridgehead atoms. The zero-order valence-corrected chi connectivity index (χ0v) is 18.3. The summed E-state index contributed by atoms with van der Waals surface area (Å²) in [6.07, 6.45) is 11.4. The maximum absolute atomic E-state index is 4.74. The van der Waals surface area contributed by atoms with Crippen LogP contribution in [-0.2, 0) is 0 Å². The standard InChI is InChI=1S/C27H30N4/c1-6-12-22-13-10-11-14-25(22)23(8-3)21(7-2)19-26-24(9-4)27(30-20(5)29-26)31-17-15-28-16-18-31/h6-14,19,28H,1-4,15-18H2,5H3/b21-19+,22-12-,25-23+. The largest absolute Gasteiger partial charge is 0.353 e. The molecule has 2 heterocycles. The molecule has 31 heavy (non-hydrogen) atoms. The van der Waals surface area contributed by atoms with Crippen LogP contribution in [0.5, 0.6) is 0 Å². The summed E-state index contributed by atoms with van der Waals surface area (Å²) in [6, 6.07) is 8.18. The van der Waals surface area contributed by atoms with Gasteiger partial charge in [0.2, 0.25) is 0 Å². The van der Waals surface area contributed by atoms with E-state index in [4.69, 9.17) is 9.97 Å². The Labute approximate surface area is 185 Å². The van der Waals surface area contributed by atoms with Crippen molar-refractivity contribution in [3.8, 4) is 0 Å². The SMILES string of the molecule is C=C/C=c1/cccc/c1=C(C=C)\C(C=C)=C\c1nc(C)nc(N2CCNCC2)c1C=C. The van der Waals surface area contributed by atoms with Gasteiger partial charge in [-0.05, 0) is 34.6 Å². The van der Waals surface area contributed by atoms with Crippen molar-refractivity contribution in [2.24, 2.45) is 0 Å². The molecule has 4 nitrogen and oxygen atoms in total. The third-order valence-electron chi connectivity index (χ3n) is 5.26. The van der Waals surface area contributed by atoms with Crippen molar-refractivity contribution in [1.29, 1.82) is 0 Å². The minimum absolute atomic E-state index is 0.731. The summed E-state index contributed by atoms with van der Waals surface area (Å²) in [4.78, 5) is 11.8. The van der Waals surface area contributed by atoms with E-state index in [2.05, 4.69) is 48.7 Å². The van der Waals surface area contributed by atoms with Gasteiger partial charge in [-0.15, -0.1) is 0 Å². The Kier molecular flexibility index (Phi) is 7.52. The molecule has 1 N–H and O–H groups in total. The Hall–Kier alpha value is -3.50. The minimum atomic E-state index is 0.731. The van der Waals surface area contributed by atoms with Crippen molar-refractivity contribution in [1.82, 2.24) is 15.3 Å². The van der Waals surface area contributed by atoms with Crippen LogP contribution >= 0.6 is 0 Å². The summed E-state index contributed by atoms with van der Waals surface area (Å²) < 4.78 is 0. The first-order valence-corrected chi connectivity index (χ1v) is 10.5. The van der Waals surface area contributed by atoms with Crippen LogP contribution in [0.4, 0.5) is 5.82 Å². The first-order valence-electron chi connectivity index (χ1n) is 10.5. The smallest absolute Gasteiger partial charge is 0.140 e. The van der Waals surface area contributed by atoms with Gasteiger partial charge < -0.3 is 10.2 Å². The lowest BCUT2D eigenvalue weighted by atomic mass is 9.99. The molecule has 1 aliphatic rings. The Bertz CT molecular complexity index is 1150. The highest BCUT2D eigenvalue weighted by Crippen LogP contribution is 2.26. The average molecular weight is 411 g/mol. The van der Waals surface area contributed by atoms with Crippen LogP contribution in [0.2, 0.25) is 0 Å². The van der Waals surface area contributed by atoms with E-state index in [1.54, 1.807) is 6.08 Å². The highest BCUT2D eigenvalue weighted by atomic mass is 15.2. The summed E-state index contributed by atoms with van der Waals surface area (Å²) in [6.45, 7) is 21.6. The number of allylic oxidation sites excluding steroid dienone is 4. The summed E-state index contributed by atoms with van der Waals surface area (Å²) >= 11 is 0. The van der Waals surface area contributed by atoms with Crippen molar-refractivity contribution < 1.29 is 0 Å². The molecule has 0 radical (unpaired) electrons. The van der Waals surface area contributed by atoms with Gasteiger partial charge in [0, 0.05) is 31.7 Å². The third-order valence-corrected chi connectivity index (χ3v) is 5.26. The Balaban J connectivity index is 2.25. The number of anilines is 1. The number of hydrogen-bond donors (Lipinski definition) is 1. The number of aryl methyl sites for hydroxylation is 1. The summed E-state index contributed by atoms with van der Waals surface area (Å²) in [5.74, 6) is 1.66. The van der Waals surface area contributed by atoms with Crippen LogP contribution in [0.1, 0.15) is 17.1 Å². The van der Waals surface area contributed by atoms with Gasteiger partial charge in [-0.2, -0.15) is 0 Å². The molecule has 4 heteroatoms. The molecular weight excluding hydrogens is 380 g/mol. The van der Waals surface area contributed by atoms with E-state index >= 15 is 0 Å². The summed E-state index contributed by atoms with van der Waals surface area (Å²) in [5, 5.41) is 5.53.